The highest BCUT2D eigenvalue weighted by Crippen LogP contribution is 2.40. The van der Waals surface area contributed by atoms with Gasteiger partial charge in [0.1, 0.15) is 5.75 Å². The Morgan fingerprint density at radius 3 is 2.88 bits per heavy atom. The quantitative estimate of drug-likeness (QED) is 0.750. The fourth-order valence-corrected chi connectivity index (χ4v) is 3.10. The summed E-state index contributed by atoms with van der Waals surface area (Å²) in [5.74, 6) is 1.86. The first-order chi connectivity index (χ1) is 8.22. The van der Waals surface area contributed by atoms with Crippen LogP contribution in [0.1, 0.15) is 63.0 Å². The molecule has 0 saturated heterocycles. The number of benzene rings is 1. The molecule has 0 saturated carbocycles. The van der Waals surface area contributed by atoms with Crippen LogP contribution in [0.15, 0.2) is 18.2 Å². The molecule has 0 bridgehead atoms. The fraction of sp³-hybridized carbons (Fsp3) is 0.625. The van der Waals surface area contributed by atoms with Crippen LogP contribution in [0, 0.1) is 5.92 Å². The normalized spacial score (nSPS) is 23.4. The zero-order chi connectivity index (χ0) is 12.3. The van der Waals surface area contributed by atoms with Crippen molar-refractivity contribution in [3.63, 3.8) is 0 Å². The molecule has 0 aliphatic heterocycles. The van der Waals surface area contributed by atoms with Crippen molar-refractivity contribution in [2.75, 3.05) is 0 Å². The number of aromatic hydroxyl groups is 1. The van der Waals surface area contributed by atoms with Gasteiger partial charge in [0.25, 0.3) is 0 Å². The SMILES string of the molecule is CCCCCC1c2cc(O)ccc2CCC1C. The van der Waals surface area contributed by atoms with E-state index in [1.165, 1.54) is 49.7 Å². The highest BCUT2D eigenvalue weighted by molar-refractivity contribution is 5.39. The van der Waals surface area contributed by atoms with Gasteiger partial charge in [0.05, 0.1) is 0 Å². The number of rotatable bonds is 4. The van der Waals surface area contributed by atoms with Crippen LogP contribution in [0.4, 0.5) is 0 Å². The zero-order valence-electron chi connectivity index (χ0n) is 11.1. The van der Waals surface area contributed by atoms with Gasteiger partial charge in [-0.05, 0) is 54.4 Å². The molecule has 1 heteroatoms. The lowest BCUT2D eigenvalue weighted by Gasteiger charge is -2.31. The molecule has 94 valence electrons. The summed E-state index contributed by atoms with van der Waals surface area (Å²) in [6, 6.07) is 5.95. The Kier molecular flexibility index (Phi) is 4.09. The number of phenolic OH excluding ortho intramolecular Hbond substituents is 1. The minimum absolute atomic E-state index is 0.429. The summed E-state index contributed by atoms with van der Waals surface area (Å²) in [6.07, 6.45) is 7.70. The molecule has 2 rings (SSSR count). The number of fused-ring (bicyclic) bond motifs is 1. The van der Waals surface area contributed by atoms with E-state index in [1.54, 1.807) is 0 Å². The van der Waals surface area contributed by atoms with E-state index < -0.39 is 0 Å². The molecule has 1 nitrogen and oxygen atoms in total. The van der Waals surface area contributed by atoms with Gasteiger partial charge >= 0.3 is 0 Å². The lowest BCUT2D eigenvalue weighted by molar-refractivity contribution is 0.370. The first-order valence-electron chi connectivity index (χ1n) is 7.04. The van der Waals surface area contributed by atoms with Gasteiger partial charge < -0.3 is 5.11 Å². The first kappa shape index (κ1) is 12.5. The Morgan fingerprint density at radius 1 is 1.29 bits per heavy atom. The van der Waals surface area contributed by atoms with Crippen molar-refractivity contribution in [2.45, 2.75) is 58.3 Å². The molecule has 0 amide bonds. The van der Waals surface area contributed by atoms with Crippen LogP contribution in [0.3, 0.4) is 0 Å². The van der Waals surface area contributed by atoms with Crippen LogP contribution >= 0.6 is 0 Å². The topological polar surface area (TPSA) is 20.2 Å². The predicted molar refractivity (Wildman–Crippen MR) is 72.5 cm³/mol. The summed E-state index contributed by atoms with van der Waals surface area (Å²) in [6.45, 7) is 4.62. The summed E-state index contributed by atoms with van der Waals surface area (Å²) >= 11 is 0. The molecule has 1 N–H and O–H groups in total. The van der Waals surface area contributed by atoms with Crippen LogP contribution in [-0.4, -0.2) is 5.11 Å². The largest absolute Gasteiger partial charge is 0.508 e. The second-order valence-electron chi connectivity index (χ2n) is 5.50. The Balaban J connectivity index is 2.17. The van der Waals surface area contributed by atoms with E-state index >= 15 is 0 Å². The summed E-state index contributed by atoms with van der Waals surface area (Å²) in [5.41, 5.74) is 2.88. The van der Waals surface area contributed by atoms with Crippen molar-refractivity contribution < 1.29 is 5.11 Å². The first-order valence-corrected chi connectivity index (χ1v) is 7.04. The summed E-state index contributed by atoms with van der Waals surface area (Å²) in [7, 11) is 0. The lowest BCUT2D eigenvalue weighted by Crippen LogP contribution is -2.18. The minimum Gasteiger partial charge on any atom is -0.508 e. The minimum atomic E-state index is 0.429. The third-order valence-electron chi connectivity index (χ3n) is 4.20. The van der Waals surface area contributed by atoms with Crippen molar-refractivity contribution in [3.8, 4) is 5.75 Å². The van der Waals surface area contributed by atoms with Crippen LogP contribution < -0.4 is 0 Å². The van der Waals surface area contributed by atoms with Crippen molar-refractivity contribution in [3.05, 3.63) is 29.3 Å². The van der Waals surface area contributed by atoms with Gasteiger partial charge in [-0.3, -0.25) is 0 Å². The van der Waals surface area contributed by atoms with E-state index in [-0.39, 0.29) is 0 Å². The monoisotopic (exact) mass is 232 g/mol. The highest BCUT2D eigenvalue weighted by Gasteiger charge is 2.26. The highest BCUT2D eigenvalue weighted by atomic mass is 16.3. The van der Waals surface area contributed by atoms with Crippen LogP contribution in [-0.2, 0) is 6.42 Å². The number of aryl methyl sites for hydroxylation is 1. The third-order valence-corrected chi connectivity index (χ3v) is 4.20. The van der Waals surface area contributed by atoms with E-state index in [4.69, 9.17) is 0 Å². The van der Waals surface area contributed by atoms with Crippen LogP contribution in [0.2, 0.25) is 0 Å². The number of unbranched alkanes of at least 4 members (excludes halogenated alkanes) is 2. The molecule has 17 heavy (non-hydrogen) atoms. The Bertz CT molecular complexity index is 370. The van der Waals surface area contributed by atoms with Crippen molar-refractivity contribution in [1.82, 2.24) is 0 Å². The van der Waals surface area contributed by atoms with E-state index in [0.29, 0.717) is 11.7 Å². The van der Waals surface area contributed by atoms with E-state index in [1.807, 2.05) is 12.1 Å². The molecule has 0 fully saturated rings. The maximum absolute atomic E-state index is 9.66. The summed E-state index contributed by atoms with van der Waals surface area (Å²) in [4.78, 5) is 0. The van der Waals surface area contributed by atoms with Gasteiger partial charge in [0.15, 0.2) is 0 Å². The lowest BCUT2D eigenvalue weighted by atomic mass is 9.73. The third kappa shape index (κ3) is 2.83. The Hall–Kier alpha value is -0.980. The predicted octanol–water partition coefficient (Wildman–Crippen LogP) is 4.64. The van der Waals surface area contributed by atoms with Crippen molar-refractivity contribution >= 4 is 0 Å². The van der Waals surface area contributed by atoms with Crippen molar-refractivity contribution in [2.24, 2.45) is 5.92 Å². The van der Waals surface area contributed by atoms with Gasteiger partial charge in [0, 0.05) is 0 Å². The molecular formula is C16H24O. The van der Waals surface area contributed by atoms with Gasteiger partial charge in [-0.2, -0.15) is 0 Å². The number of hydrogen-bond acceptors (Lipinski definition) is 1. The average molecular weight is 232 g/mol. The molecule has 1 aromatic carbocycles. The van der Waals surface area contributed by atoms with Gasteiger partial charge in [-0.15, -0.1) is 0 Å². The Morgan fingerprint density at radius 2 is 2.12 bits per heavy atom. The molecule has 1 aromatic rings. The number of phenols is 1. The molecule has 1 aliphatic carbocycles. The summed E-state index contributed by atoms with van der Waals surface area (Å²) < 4.78 is 0. The molecule has 2 atom stereocenters. The molecule has 0 aromatic heterocycles. The molecule has 0 spiro atoms. The standard InChI is InChI=1S/C16H24O/c1-3-4-5-6-15-12(2)7-8-13-9-10-14(17)11-16(13)15/h9-12,15,17H,3-8H2,1-2H3. The second kappa shape index (κ2) is 5.57. The van der Waals surface area contributed by atoms with Crippen LogP contribution in [0.5, 0.6) is 5.75 Å². The Labute approximate surface area is 105 Å². The molecule has 2 unspecified atom stereocenters. The summed E-state index contributed by atoms with van der Waals surface area (Å²) in [5, 5.41) is 9.66. The van der Waals surface area contributed by atoms with Gasteiger partial charge in [-0.1, -0.05) is 39.2 Å². The second-order valence-corrected chi connectivity index (χ2v) is 5.50. The van der Waals surface area contributed by atoms with Gasteiger partial charge in [-0.25, -0.2) is 0 Å². The maximum Gasteiger partial charge on any atom is 0.115 e. The smallest absolute Gasteiger partial charge is 0.115 e. The van der Waals surface area contributed by atoms with Crippen molar-refractivity contribution in [1.29, 1.82) is 0 Å². The average Bonchev–Trinajstić information content (AvgIpc) is 2.32. The van der Waals surface area contributed by atoms with E-state index in [2.05, 4.69) is 19.9 Å². The number of hydrogen-bond donors (Lipinski definition) is 1. The van der Waals surface area contributed by atoms with Gasteiger partial charge in [0.2, 0.25) is 0 Å². The molecule has 0 heterocycles. The fourth-order valence-electron chi connectivity index (χ4n) is 3.10. The van der Waals surface area contributed by atoms with Crippen LogP contribution in [0.25, 0.3) is 0 Å². The van der Waals surface area contributed by atoms with E-state index in [0.717, 1.165) is 5.92 Å². The molecule has 0 radical (unpaired) electrons. The molecule has 1 aliphatic rings. The molecular weight excluding hydrogens is 208 g/mol. The van der Waals surface area contributed by atoms with E-state index in [9.17, 15) is 5.11 Å². The zero-order valence-corrected chi connectivity index (χ0v) is 11.1. The maximum atomic E-state index is 9.66.